The monoisotopic (exact) mass is 278 g/mol. The van der Waals surface area contributed by atoms with E-state index in [1.54, 1.807) is 24.1 Å². The van der Waals surface area contributed by atoms with Gasteiger partial charge in [0.25, 0.3) is 5.69 Å². The van der Waals surface area contributed by atoms with Gasteiger partial charge in [-0.3, -0.25) is 14.9 Å². The highest BCUT2D eigenvalue weighted by molar-refractivity contribution is 5.77. The molecule has 20 heavy (non-hydrogen) atoms. The molecule has 0 aliphatic heterocycles. The molecule has 0 heterocycles. The molecule has 0 spiro atoms. The van der Waals surface area contributed by atoms with Crippen LogP contribution in [-0.4, -0.2) is 22.8 Å². The van der Waals surface area contributed by atoms with Crippen molar-refractivity contribution in [2.45, 2.75) is 40.2 Å². The maximum absolute atomic E-state index is 12.2. The Balaban J connectivity index is 2.88. The van der Waals surface area contributed by atoms with Crippen molar-refractivity contribution in [3.63, 3.8) is 0 Å². The summed E-state index contributed by atoms with van der Waals surface area (Å²) in [6, 6.07) is 6.23. The molecule has 1 atom stereocenters. The van der Waals surface area contributed by atoms with Crippen LogP contribution in [0.1, 0.15) is 45.7 Å². The Morgan fingerprint density at radius 3 is 2.50 bits per heavy atom. The molecule has 5 nitrogen and oxygen atoms in total. The summed E-state index contributed by atoms with van der Waals surface area (Å²) in [6.45, 7) is 7.91. The second-order valence-electron chi connectivity index (χ2n) is 6.27. The minimum Gasteiger partial charge on any atom is -0.339 e. The third-order valence-corrected chi connectivity index (χ3v) is 3.22. The molecule has 0 N–H and O–H groups in total. The molecule has 0 aliphatic carbocycles. The number of carbonyl (C=O) groups excluding carboxylic acids is 1. The summed E-state index contributed by atoms with van der Waals surface area (Å²) in [4.78, 5) is 24.2. The number of rotatable bonds is 4. The molecular formula is C15H22N2O3. The number of carbonyl (C=O) groups is 1. The lowest BCUT2D eigenvalue weighted by Crippen LogP contribution is -2.32. The number of hydrogen-bond acceptors (Lipinski definition) is 3. The Labute approximate surface area is 119 Å². The zero-order valence-electron chi connectivity index (χ0n) is 12.7. The van der Waals surface area contributed by atoms with Gasteiger partial charge < -0.3 is 4.90 Å². The van der Waals surface area contributed by atoms with Gasteiger partial charge in [-0.15, -0.1) is 0 Å². The molecule has 1 aromatic carbocycles. The van der Waals surface area contributed by atoms with Crippen LogP contribution in [0.2, 0.25) is 0 Å². The van der Waals surface area contributed by atoms with Crippen LogP contribution in [-0.2, 0) is 4.79 Å². The van der Waals surface area contributed by atoms with Crippen molar-refractivity contribution in [1.29, 1.82) is 0 Å². The fourth-order valence-corrected chi connectivity index (χ4v) is 1.92. The first-order valence-electron chi connectivity index (χ1n) is 6.62. The SMILES string of the molecule is CC(c1cccc([N+](=O)[O-])c1)N(C)C(=O)CC(C)(C)C. The van der Waals surface area contributed by atoms with Crippen molar-refractivity contribution >= 4 is 11.6 Å². The normalized spacial score (nSPS) is 12.8. The molecule has 1 amide bonds. The van der Waals surface area contributed by atoms with Crippen molar-refractivity contribution in [2.24, 2.45) is 5.41 Å². The number of nitro benzene ring substituents is 1. The molecule has 1 aromatic rings. The molecule has 0 radical (unpaired) electrons. The topological polar surface area (TPSA) is 63.5 Å². The van der Waals surface area contributed by atoms with Crippen LogP contribution in [0.5, 0.6) is 0 Å². The highest BCUT2D eigenvalue weighted by Gasteiger charge is 2.23. The number of benzene rings is 1. The zero-order chi connectivity index (χ0) is 15.5. The van der Waals surface area contributed by atoms with E-state index in [1.165, 1.54) is 12.1 Å². The van der Waals surface area contributed by atoms with Crippen LogP contribution in [0.15, 0.2) is 24.3 Å². The Kier molecular flexibility index (Phi) is 4.87. The second-order valence-corrected chi connectivity index (χ2v) is 6.27. The van der Waals surface area contributed by atoms with Crippen LogP contribution in [0.25, 0.3) is 0 Å². The summed E-state index contributed by atoms with van der Waals surface area (Å²) < 4.78 is 0. The third-order valence-electron chi connectivity index (χ3n) is 3.22. The van der Waals surface area contributed by atoms with E-state index in [1.807, 2.05) is 27.7 Å². The smallest absolute Gasteiger partial charge is 0.269 e. The maximum Gasteiger partial charge on any atom is 0.269 e. The van der Waals surface area contributed by atoms with E-state index in [4.69, 9.17) is 0 Å². The molecule has 0 fully saturated rings. The molecule has 0 saturated heterocycles. The third kappa shape index (κ3) is 4.33. The van der Waals surface area contributed by atoms with E-state index in [9.17, 15) is 14.9 Å². The van der Waals surface area contributed by atoms with E-state index in [-0.39, 0.29) is 23.1 Å². The first-order chi connectivity index (χ1) is 9.11. The van der Waals surface area contributed by atoms with Crippen molar-refractivity contribution in [2.75, 3.05) is 7.05 Å². The van der Waals surface area contributed by atoms with E-state index < -0.39 is 4.92 Å². The largest absolute Gasteiger partial charge is 0.339 e. The zero-order valence-corrected chi connectivity index (χ0v) is 12.7. The molecule has 0 bridgehead atoms. The summed E-state index contributed by atoms with van der Waals surface area (Å²) in [6.07, 6.45) is 0.447. The van der Waals surface area contributed by atoms with E-state index in [0.29, 0.717) is 6.42 Å². The molecule has 1 unspecified atom stereocenters. The van der Waals surface area contributed by atoms with Crippen LogP contribution >= 0.6 is 0 Å². The molecule has 5 heteroatoms. The van der Waals surface area contributed by atoms with Crippen LogP contribution in [0.4, 0.5) is 5.69 Å². The standard InChI is InChI=1S/C15H22N2O3/c1-11(16(5)14(18)10-15(2,3)4)12-7-6-8-13(9-12)17(19)20/h6-9,11H,10H2,1-5H3. The fraction of sp³-hybridized carbons (Fsp3) is 0.533. The molecule has 0 aliphatic rings. The van der Waals surface area contributed by atoms with E-state index >= 15 is 0 Å². The van der Waals surface area contributed by atoms with Crippen LogP contribution in [0, 0.1) is 15.5 Å². The molecule has 110 valence electrons. The summed E-state index contributed by atoms with van der Waals surface area (Å²) in [7, 11) is 1.73. The second kappa shape index (κ2) is 6.03. The predicted molar refractivity (Wildman–Crippen MR) is 78.4 cm³/mol. The average Bonchev–Trinajstić information content (AvgIpc) is 2.35. The first-order valence-corrected chi connectivity index (χ1v) is 6.62. The van der Waals surface area contributed by atoms with Crippen molar-refractivity contribution < 1.29 is 9.72 Å². The van der Waals surface area contributed by atoms with Gasteiger partial charge in [0.05, 0.1) is 11.0 Å². The summed E-state index contributed by atoms with van der Waals surface area (Å²) in [5, 5.41) is 10.8. The number of nitrogens with zero attached hydrogens (tertiary/aromatic N) is 2. The molecule has 0 aromatic heterocycles. The van der Waals surface area contributed by atoms with Gasteiger partial charge >= 0.3 is 0 Å². The van der Waals surface area contributed by atoms with Crippen LogP contribution in [0.3, 0.4) is 0 Å². The highest BCUT2D eigenvalue weighted by Crippen LogP contribution is 2.26. The average molecular weight is 278 g/mol. The number of nitro groups is 1. The Bertz CT molecular complexity index is 506. The Morgan fingerprint density at radius 2 is 2.00 bits per heavy atom. The highest BCUT2D eigenvalue weighted by atomic mass is 16.6. The van der Waals surface area contributed by atoms with Gasteiger partial charge in [-0.25, -0.2) is 0 Å². The van der Waals surface area contributed by atoms with Gasteiger partial charge in [-0.1, -0.05) is 32.9 Å². The minimum absolute atomic E-state index is 0.0384. The summed E-state index contributed by atoms with van der Waals surface area (Å²) >= 11 is 0. The predicted octanol–water partition coefficient (Wildman–Crippen LogP) is 3.55. The maximum atomic E-state index is 12.2. The fourth-order valence-electron chi connectivity index (χ4n) is 1.92. The van der Waals surface area contributed by atoms with Crippen molar-refractivity contribution in [3.8, 4) is 0 Å². The van der Waals surface area contributed by atoms with Crippen molar-refractivity contribution in [3.05, 3.63) is 39.9 Å². The minimum atomic E-state index is -0.423. The lowest BCUT2D eigenvalue weighted by molar-refractivity contribution is -0.384. The Morgan fingerprint density at radius 1 is 1.40 bits per heavy atom. The summed E-state index contributed by atoms with van der Waals surface area (Å²) in [5.74, 6) is 0.0384. The van der Waals surface area contributed by atoms with Gasteiger partial charge in [-0.05, 0) is 17.9 Å². The molecule has 1 rings (SSSR count). The van der Waals surface area contributed by atoms with Crippen LogP contribution < -0.4 is 0 Å². The van der Waals surface area contributed by atoms with Gasteiger partial charge in [0.15, 0.2) is 0 Å². The van der Waals surface area contributed by atoms with Gasteiger partial charge in [0.2, 0.25) is 5.91 Å². The lowest BCUT2D eigenvalue weighted by atomic mass is 9.91. The van der Waals surface area contributed by atoms with Gasteiger partial charge in [0, 0.05) is 25.6 Å². The first kappa shape index (κ1) is 16.1. The van der Waals surface area contributed by atoms with E-state index in [2.05, 4.69) is 0 Å². The van der Waals surface area contributed by atoms with E-state index in [0.717, 1.165) is 5.56 Å². The molecule has 0 saturated carbocycles. The number of amides is 1. The number of hydrogen-bond donors (Lipinski definition) is 0. The number of non-ortho nitro benzene ring substituents is 1. The van der Waals surface area contributed by atoms with Gasteiger partial charge in [-0.2, -0.15) is 0 Å². The van der Waals surface area contributed by atoms with Crippen molar-refractivity contribution in [1.82, 2.24) is 4.90 Å². The quantitative estimate of drug-likeness (QED) is 0.625. The summed E-state index contributed by atoms with van der Waals surface area (Å²) in [5.41, 5.74) is 0.739. The molecular weight excluding hydrogens is 256 g/mol. The lowest BCUT2D eigenvalue weighted by Gasteiger charge is -2.28. The Hall–Kier alpha value is -1.91. The van der Waals surface area contributed by atoms with Gasteiger partial charge in [0.1, 0.15) is 0 Å².